The summed E-state index contributed by atoms with van der Waals surface area (Å²) in [5.41, 5.74) is 0.982. The van der Waals surface area contributed by atoms with Gasteiger partial charge in [0.1, 0.15) is 5.69 Å². The van der Waals surface area contributed by atoms with Crippen LogP contribution in [0.2, 0.25) is 0 Å². The molecule has 1 aromatic heterocycles. The Labute approximate surface area is 95.8 Å². The van der Waals surface area contributed by atoms with Crippen LogP contribution in [-0.4, -0.2) is 26.2 Å². The molecule has 1 aromatic carbocycles. The van der Waals surface area contributed by atoms with E-state index >= 15 is 0 Å². The number of nitro benzene ring substituents is 1. The number of hydrogen-bond donors (Lipinski definition) is 0. The van der Waals surface area contributed by atoms with Crippen LogP contribution in [0, 0.1) is 10.1 Å². The lowest BCUT2D eigenvalue weighted by Gasteiger charge is -2.00. The van der Waals surface area contributed by atoms with E-state index in [9.17, 15) is 14.9 Å². The standard InChI is InChI=1S/C10H8N4O3/c15-7-9-6-13(12-11-9)5-8-2-1-3-10(4-8)14(16)17/h1-4,6-7H,5H2. The van der Waals surface area contributed by atoms with Crippen molar-refractivity contribution in [2.75, 3.05) is 0 Å². The van der Waals surface area contributed by atoms with E-state index in [-0.39, 0.29) is 11.4 Å². The lowest BCUT2D eigenvalue weighted by atomic mass is 10.2. The summed E-state index contributed by atoms with van der Waals surface area (Å²) in [6.07, 6.45) is 2.07. The fraction of sp³-hybridized carbons (Fsp3) is 0.100. The van der Waals surface area contributed by atoms with Crippen molar-refractivity contribution in [3.05, 3.63) is 51.8 Å². The molecule has 0 saturated carbocycles. The maximum absolute atomic E-state index is 10.6. The molecule has 17 heavy (non-hydrogen) atoms. The fourth-order valence-corrected chi connectivity index (χ4v) is 1.40. The summed E-state index contributed by atoms with van der Waals surface area (Å²) in [5.74, 6) is 0. The Bertz CT molecular complexity index is 564. The Morgan fingerprint density at radius 3 is 2.94 bits per heavy atom. The molecule has 0 unspecified atom stereocenters. The summed E-state index contributed by atoms with van der Waals surface area (Å²) < 4.78 is 1.45. The number of non-ortho nitro benzene ring substituents is 1. The highest BCUT2D eigenvalue weighted by atomic mass is 16.6. The summed E-state index contributed by atoms with van der Waals surface area (Å²) in [4.78, 5) is 20.5. The van der Waals surface area contributed by atoms with E-state index in [0.717, 1.165) is 5.56 Å². The number of nitrogens with zero attached hydrogens (tertiary/aromatic N) is 4. The highest BCUT2D eigenvalue weighted by Crippen LogP contribution is 2.13. The molecule has 0 N–H and O–H groups in total. The van der Waals surface area contributed by atoms with Gasteiger partial charge in [-0.25, -0.2) is 4.68 Å². The van der Waals surface area contributed by atoms with Crippen LogP contribution < -0.4 is 0 Å². The van der Waals surface area contributed by atoms with E-state index < -0.39 is 4.92 Å². The molecule has 0 spiro atoms. The van der Waals surface area contributed by atoms with E-state index in [2.05, 4.69) is 10.3 Å². The van der Waals surface area contributed by atoms with Crippen LogP contribution in [-0.2, 0) is 6.54 Å². The number of hydrogen-bond acceptors (Lipinski definition) is 5. The van der Waals surface area contributed by atoms with Crippen molar-refractivity contribution < 1.29 is 9.72 Å². The van der Waals surface area contributed by atoms with Gasteiger partial charge in [-0.3, -0.25) is 14.9 Å². The van der Waals surface area contributed by atoms with Crippen molar-refractivity contribution in [2.24, 2.45) is 0 Å². The molecule has 2 rings (SSSR count). The van der Waals surface area contributed by atoms with Gasteiger partial charge in [-0.05, 0) is 5.56 Å². The minimum absolute atomic E-state index is 0.0261. The molecule has 7 heteroatoms. The Hall–Kier alpha value is -2.57. The molecule has 1 heterocycles. The number of carbonyl (C=O) groups excluding carboxylic acids is 1. The van der Waals surface area contributed by atoms with Crippen molar-refractivity contribution in [2.45, 2.75) is 6.54 Å². The van der Waals surface area contributed by atoms with Crippen LogP contribution in [0.4, 0.5) is 5.69 Å². The lowest BCUT2D eigenvalue weighted by molar-refractivity contribution is -0.384. The lowest BCUT2D eigenvalue weighted by Crippen LogP contribution is -2.01. The molecule has 0 aliphatic carbocycles. The molecule has 0 aliphatic rings. The third-order valence-electron chi connectivity index (χ3n) is 2.14. The Morgan fingerprint density at radius 1 is 1.47 bits per heavy atom. The number of carbonyl (C=O) groups is 1. The highest BCUT2D eigenvalue weighted by Gasteiger charge is 2.06. The molecule has 0 saturated heterocycles. The third-order valence-corrected chi connectivity index (χ3v) is 2.14. The van der Waals surface area contributed by atoms with Gasteiger partial charge in [0.05, 0.1) is 17.7 Å². The topological polar surface area (TPSA) is 90.9 Å². The van der Waals surface area contributed by atoms with Crippen molar-refractivity contribution in [1.29, 1.82) is 0 Å². The zero-order chi connectivity index (χ0) is 12.3. The van der Waals surface area contributed by atoms with Crippen LogP contribution >= 0.6 is 0 Å². The van der Waals surface area contributed by atoms with Crippen LogP contribution in [0.5, 0.6) is 0 Å². The van der Waals surface area contributed by atoms with Gasteiger partial charge in [0.15, 0.2) is 6.29 Å². The van der Waals surface area contributed by atoms with Crippen molar-refractivity contribution in [3.8, 4) is 0 Å². The molecule has 2 aromatic rings. The first-order valence-corrected chi connectivity index (χ1v) is 4.77. The SMILES string of the molecule is O=Cc1cn(Cc2cccc([N+](=O)[O-])c2)nn1. The monoisotopic (exact) mass is 232 g/mol. The zero-order valence-corrected chi connectivity index (χ0v) is 8.68. The normalized spacial score (nSPS) is 10.1. The molecule has 0 radical (unpaired) electrons. The van der Waals surface area contributed by atoms with E-state index in [4.69, 9.17) is 0 Å². The zero-order valence-electron chi connectivity index (χ0n) is 8.68. The first-order chi connectivity index (χ1) is 8.19. The second kappa shape index (κ2) is 4.52. The smallest absolute Gasteiger partial charge is 0.269 e. The summed E-state index contributed by atoms with van der Waals surface area (Å²) in [7, 11) is 0. The summed E-state index contributed by atoms with van der Waals surface area (Å²) in [5, 5.41) is 17.9. The van der Waals surface area contributed by atoms with Gasteiger partial charge in [-0.15, -0.1) is 5.10 Å². The summed E-state index contributed by atoms with van der Waals surface area (Å²) >= 11 is 0. The van der Waals surface area contributed by atoms with Crippen molar-refractivity contribution >= 4 is 12.0 Å². The predicted molar refractivity (Wildman–Crippen MR) is 57.6 cm³/mol. The number of nitro groups is 1. The number of aldehydes is 1. The number of benzene rings is 1. The average Bonchev–Trinajstić information content (AvgIpc) is 2.77. The maximum atomic E-state index is 10.6. The van der Waals surface area contributed by atoms with Crippen LogP contribution in [0.3, 0.4) is 0 Å². The molecule has 7 nitrogen and oxygen atoms in total. The van der Waals surface area contributed by atoms with E-state index in [1.165, 1.54) is 23.0 Å². The number of rotatable bonds is 4. The molecule has 86 valence electrons. The van der Waals surface area contributed by atoms with E-state index in [1.54, 1.807) is 12.1 Å². The fourth-order valence-electron chi connectivity index (χ4n) is 1.40. The largest absolute Gasteiger partial charge is 0.296 e. The Kier molecular flexibility index (Phi) is 2.91. The average molecular weight is 232 g/mol. The van der Waals surface area contributed by atoms with Crippen LogP contribution in [0.1, 0.15) is 16.1 Å². The minimum Gasteiger partial charge on any atom is -0.296 e. The van der Waals surface area contributed by atoms with Gasteiger partial charge in [0, 0.05) is 12.1 Å². The van der Waals surface area contributed by atoms with Gasteiger partial charge >= 0.3 is 0 Å². The van der Waals surface area contributed by atoms with Gasteiger partial charge in [0.25, 0.3) is 5.69 Å². The maximum Gasteiger partial charge on any atom is 0.269 e. The van der Waals surface area contributed by atoms with Crippen molar-refractivity contribution in [3.63, 3.8) is 0 Å². The van der Waals surface area contributed by atoms with Crippen LogP contribution in [0.15, 0.2) is 30.5 Å². The quantitative estimate of drug-likeness (QED) is 0.446. The second-order valence-electron chi connectivity index (χ2n) is 3.39. The Balaban J connectivity index is 2.20. The van der Waals surface area contributed by atoms with Gasteiger partial charge in [-0.1, -0.05) is 17.3 Å². The second-order valence-corrected chi connectivity index (χ2v) is 3.39. The first-order valence-electron chi connectivity index (χ1n) is 4.77. The van der Waals surface area contributed by atoms with Crippen molar-refractivity contribution in [1.82, 2.24) is 15.0 Å². The van der Waals surface area contributed by atoms with Gasteiger partial charge in [0.2, 0.25) is 0 Å². The highest BCUT2D eigenvalue weighted by molar-refractivity contribution is 5.70. The molecule has 0 amide bonds. The summed E-state index contributed by atoms with van der Waals surface area (Å²) in [6.45, 7) is 0.336. The molecular weight excluding hydrogens is 224 g/mol. The first kappa shape index (κ1) is 10.9. The Morgan fingerprint density at radius 2 is 2.29 bits per heavy atom. The molecule has 0 bridgehead atoms. The van der Waals surface area contributed by atoms with Gasteiger partial charge in [-0.2, -0.15) is 0 Å². The summed E-state index contributed by atoms with van der Waals surface area (Å²) in [6, 6.07) is 6.23. The molecule has 0 fully saturated rings. The predicted octanol–water partition coefficient (Wildman–Crippen LogP) is 1.05. The molecule has 0 aliphatic heterocycles. The van der Waals surface area contributed by atoms with E-state index in [1.807, 2.05) is 0 Å². The van der Waals surface area contributed by atoms with Gasteiger partial charge < -0.3 is 0 Å². The van der Waals surface area contributed by atoms with Crippen LogP contribution in [0.25, 0.3) is 0 Å². The molecule has 0 atom stereocenters. The number of aromatic nitrogens is 3. The molecular formula is C10H8N4O3. The minimum atomic E-state index is -0.457. The van der Waals surface area contributed by atoms with E-state index in [0.29, 0.717) is 12.8 Å². The third kappa shape index (κ3) is 2.51.